The lowest BCUT2D eigenvalue weighted by Crippen LogP contribution is -2.58. The highest BCUT2D eigenvalue weighted by molar-refractivity contribution is 5.85. The SMILES string of the molecule is C=C(C)C(=O)O.CC(=CC1CC(C)(C)N(C)C(C)(C)C1)C(=O)O. The molecule has 132 valence electrons. The summed E-state index contributed by atoms with van der Waals surface area (Å²) in [5, 5.41) is 16.8. The van der Waals surface area contributed by atoms with Gasteiger partial charge in [0.1, 0.15) is 0 Å². The molecule has 0 bridgehead atoms. The summed E-state index contributed by atoms with van der Waals surface area (Å²) < 4.78 is 0. The maximum Gasteiger partial charge on any atom is 0.330 e. The fourth-order valence-corrected chi connectivity index (χ4v) is 2.99. The number of nitrogens with zero attached hydrogens (tertiary/aromatic N) is 1. The lowest BCUT2D eigenvalue weighted by molar-refractivity contribution is -0.133. The average Bonchev–Trinajstić information content (AvgIpc) is 2.35. The molecule has 1 heterocycles. The number of carboxylic acid groups (broad SMARTS) is 2. The molecule has 0 aromatic rings. The Balaban J connectivity index is 0.000000688. The van der Waals surface area contributed by atoms with E-state index in [2.05, 4.69) is 46.2 Å². The first kappa shape index (κ1) is 21.4. The molecule has 0 unspecified atom stereocenters. The molecule has 0 aromatic heterocycles. The molecule has 0 radical (unpaired) electrons. The van der Waals surface area contributed by atoms with Crippen LogP contribution in [0.3, 0.4) is 0 Å². The topological polar surface area (TPSA) is 77.8 Å². The van der Waals surface area contributed by atoms with Crippen LogP contribution in [0.25, 0.3) is 0 Å². The molecule has 0 amide bonds. The van der Waals surface area contributed by atoms with Gasteiger partial charge in [-0.15, -0.1) is 0 Å². The van der Waals surface area contributed by atoms with Crippen molar-refractivity contribution in [1.82, 2.24) is 4.90 Å². The lowest BCUT2D eigenvalue weighted by atomic mass is 9.73. The van der Waals surface area contributed by atoms with Gasteiger partial charge in [-0.25, -0.2) is 9.59 Å². The number of hydrogen-bond acceptors (Lipinski definition) is 3. The van der Waals surface area contributed by atoms with Gasteiger partial charge in [-0.3, -0.25) is 4.90 Å². The van der Waals surface area contributed by atoms with Gasteiger partial charge in [0.05, 0.1) is 0 Å². The van der Waals surface area contributed by atoms with Gasteiger partial charge in [0.15, 0.2) is 0 Å². The first-order valence-corrected chi connectivity index (χ1v) is 7.75. The van der Waals surface area contributed by atoms with Gasteiger partial charge < -0.3 is 10.2 Å². The Morgan fingerprint density at radius 3 is 1.65 bits per heavy atom. The smallest absolute Gasteiger partial charge is 0.330 e. The second kappa shape index (κ2) is 7.77. The molecule has 1 rings (SSSR count). The zero-order chi connectivity index (χ0) is 18.6. The van der Waals surface area contributed by atoms with Gasteiger partial charge >= 0.3 is 11.9 Å². The van der Waals surface area contributed by atoms with Crippen LogP contribution in [0.5, 0.6) is 0 Å². The second-order valence-electron chi connectivity index (χ2n) is 7.59. The maximum atomic E-state index is 10.9. The molecule has 0 atom stereocenters. The molecule has 0 spiro atoms. The molecule has 1 aliphatic heterocycles. The highest BCUT2D eigenvalue weighted by Crippen LogP contribution is 2.40. The molecule has 0 aromatic carbocycles. The van der Waals surface area contributed by atoms with Crippen molar-refractivity contribution in [1.29, 1.82) is 0 Å². The van der Waals surface area contributed by atoms with E-state index in [0.717, 1.165) is 12.8 Å². The molecular weight excluding hydrogens is 294 g/mol. The molecule has 2 N–H and O–H groups in total. The molecule has 23 heavy (non-hydrogen) atoms. The molecule has 1 aliphatic rings. The number of aliphatic carboxylic acids is 2. The standard InChI is InChI=1S/C14H25NO2.C4H6O2/c1-10(12(16)17)7-11-8-13(2,3)15(6)14(4,5)9-11;1-3(2)4(5)6/h7,11H,8-9H2,1-6H3,(H,16,17);1H2,2H3,(H,5,6). The van der Waals surface area contributed by atoms with E-state index in [9.17, 15) is 9.59 Å². The predicted molar refractivity (Wildman–Crippen MR) is 92.5 cm³/mol. The molecule has 0 saturated carbocycles. The summed E-state index contributed by atoms with van der Waals surface area (Å²) in [5.41, 5.74) is 0.866. The van der Waals surface area contributed by atoms with E-state index in [0.29, 0.717) is 11.5 Å². The zero-order valence-electron chi connectivity index (χ0n) is 15.4. The number of carbonyl (C=O) groups is 2. The van der Waals surface area contributed by atoms with Crippen molar-refractivity contribution in [3.63, 3.8) is 0 Å². The van der Waals surface area contributed by atoms with E-state index in [1.165, 1.54) is 6.92 Å². The van der Waals surface area contributed by atoms with E-state index in [-0.39, 0.29) is 16.7 Å². The van der Waals surface area contributed by atoms with E-state index in [1.54, 1.807) is 6.92 Å². The minimum Gasteiger partial charge on any atom is -0.478 e. The fraction of sp³-hybridized carbons (Fsp3) is 0.667. The molecule has 0 aliphatic carbocycles. The van der Waals surface area contributed by atoms with Gasteiger partial charge in [-0.05, 0) is 67.3 Å². The largest absolute Gasteiger partial charge is 0.478 e. The van der Waals surface area contributed by atoms with Crippen molar-refractivity contribution >= 4 is 11.9 Å². The van der Waals surface area contributed by atoms with E-state index in [1.807, 2.05) is 6.08 Å². The first-order valence-electron chi connectivity index (χ1n) is 7.75. The zero-order valence-corrected chi connectivity index (χ0v) is 15.4. The van der Waals surface area contributed by atoms with Gasteiger partial charge in [0.25, 0.3) is 0 Å². The van der Waals surface area contributed by atoms with E-state index in [4.69, 9.17) is 10.2 Å². The van der Waals surface area contributed by atoms with Crippen LogP contribution in [0.15, 0.2) is 23.8 Å². The Kier molecular flexibility index (Phi) is 7.23. The van der Waals surface area contributed by atoms with Crippen LogP contribution in [0.2, 0.25) is 0 Å². The van der Waals surface area contributed by atoms with Crippen LogP contribution in [0, 0.1) is 5.92 Å². The monoisotopic (exact) mass is 325 g/mol. The third kappa shape index (κ3) is 6.57. The second-order valence-corrected chi connectivity index (χ2v) is 7.59. The van der Waals surface area contributed by atoms with Gasteiger partial charge in [0.2, 0.25) is 0 Å². The highest BCUT2D eigenvalue weighted by atomic mass is 16.4. The van der Waals surface area contributed by atoms with Crippen molar-refractivity contribution in [2.75, 3.05) is 7.05 Å². The maximum absolute atomic E-state index is 10.9. The Morgan fingerprint density at radius 2 is 1.39 bits per heavy atom. The number of allylic oxidation sites excluding steroid dienone is 1. The fourth-order valence-electron chi connectivity index (χ4n) is 2.99. The van der Waals surface area contributed by atoms with Crippen LogP contribution in [-0.2, 0) is 9.59 Å². The Hall–Kier alpha value is -1.62. The lowest BCUT2D eigenvalue weighted by Gasteiger charge is -2.53. The Morgan fingerprint density at radius 1 is 1.04 bits per heavy atom. The van der Waals surface area contributed by atoms with E-state index < -0.39 is 11.9 Å². The normalized spacial score (nSPS) is 21.1. The Bertz CT molecular complexity index is 473. The van der Waals surface area contributed by atoms with Crippen molar-refractivity contribution in [2.24, 2.45) is 5.92 Å². The van der Waals surface area contributed by atoms with Crippen molar-refractivity contribution < 1.29 is 19.8 Å². The number of piperidine rings is 1. The minimum atomic E-state index is -0.935. The molecule has 5 nitrogen and oxygen atoms in total. The number of likely N-dealkylation sites (tertiary alicyclic amines) is 1. The summed E-state index contributed by atoms with van der Waals surface area (Å²) in [6.07, 6.45) is 3.95. The van der Waals surface area contributed by atoms with Crippen LogP contribution in [0.1, 0.15) is 54.4 Å². The average molecular weight is 325 g/mol. The summed E-state index contributed by atoms with van der Waals surface area (Å²) >= 11 is 0. The number of hydrogen-bond donors (Lipinski definition) is 2. The van der Waals surface area contributed by atoms with Crippen LogP contribution < -0.4 is 0 Å². The van der Waals surface area contributed by atoms with E-state index >= 15 is 0 Å². The molecule has 1 fully saturated rings. The van der Waals surface area contributed by atoms with Crippen molar-refractivity contribution in [3.05, 3.63) is 23.8 Å². The molecular formula is C18H31NO4. The summed E-state index contributed by atoms with van der Waals surface area (Å²) in [5.74, 6) is -1.39. The summed E-state index contributed by atoms with van der Waals surface area (Å²) in [7, 11) is 2.16. The Labute approximate surface area is 139 Å². The van der Waals surface area contributed by atoms with Crippen LogP contribution >= 0.6 is 0 Å². The minimum absolute atomic E-state index is 0.113. The number of rotatable bonds is 3. The van der Waals surface area contributed by atoms with Crippen LogP contribution in [-0.4, -0.2) is 45.2 Å². The van der Waals surface area contributed by atoms with Crippen LogP contribution in [0.4, 0.5) is 0 Å². The molecule has 5 heteroatoms. The number of carboxylic acids is 2. The quantitative estimate of drug-likeness (QED) is 0.776. The van der Waals surface area contributed by atoms with Gasteiger partial charge in [-0.1, -0.05) is 12.7 Å². The van der Waals surface area contributed by atoms with Crippen molar-refractivity contribution in [3.8, 4) is 0 Å². The van der Waals surface area contributed by atoms with Crippen molar-refractivity contribution in [2.45, 2.75) is 65.5 Å². The summed E-state index contributed by atoms with van der Waals surface area (Å²) in [6, 6.07) is 0. The third-order valence-electron chi connectivity index (χ3n) is 4.53. The highest BCUT2D eigenvalue weighted by Gasteiger charge is 2.42. The van der Waals surface area contributed by atoms with Gasteiger partial charge in [0, 0.05) is 22.2 Å². The predicted octanol–water partition coefficient (Wildman–Crippen LogP) is 3.56. The third-order valence-corrected chi connectivity index (χ3v) is 4.53. The molecule has 1 saturated heterocycles. The first-order chi connectivity index (χ1) is 10.2. The summed E-state index contributed by atoms with van der Waals surface area (Å²) in [4.78, 5) is 22.9. The summed E-state index contributed by atoms with van der Waals surface area (Å²) in [6.45, 7) is 15.2. The van der Waals surface area contributed by atoms with Gasteiger partial charge in [-0.2, -0.15) is 0 Å².